The SMILES string of the molecule is CC(C)C(O[C]=O)C(=O)OC(C)(C)C. The molecular weight excluding hydrogens is 184 g/mol. The molecule has 4 nitrogen and oxygen atoms in total. The number of ether oxygens (including phenoxy) is 2. The number of carbonyl (C=O) groups excluding carboxylic acids is 2. The van der Waals surface area contributed by atoms with E-state index in [2.05, 4.69) is 4.74 Å². The Morgan fingerprint density at radius 3 is 2.07 bits per heavy atom. The van der Waals surface area contributed by atoms with Gasteiger partial charge >= 0.3 is 12.4 Å². The van der Waals surface area contributed by atoms with Crippen molar-refractivity contribution in [2.24, 2.45) is 5.92 Å². The van der Waals surface area contributed by atoms with Crippen molar-refractivity contribution in [2.75, 3.05) is 0 Å². The lowest BCUT2D eigenvalue weighted by atomic mass is 10.1. The maximum Gasteiger partial charge on any atom is 0.418 e. The highest BCUT2D eigenvalue weighted by Gasteiger charge is 2.29. The van der Waals surface area contributed by atoms with Gasteiger partial charge in [-0.3, -0.25) is 0 Å². The van der Waals surface area contributed by atoms with Gasteiger partial charge in [-0.2, -0.15) is 0 Å². The van der Waals surface area contributed by atoms with Crippen LogP contribution in [0.15, 0.2) is 0 Å². The van der Waals surface area contributed by atoms with Crippen LogP contribution in [0.5, 0.6) is 0 Å². The molecule has 0 saturated carbocycles. The van der Waals surface area contributed by atoms with Gasteiger partial charge in [-0.15, -0.1) is 0 Å². The van der Waals surface area contributed by atoms with Crippen LogP contribution in [0.4, 0.5) is 0 Å². The van der Waals surface area contributed by atoms with Crippen LogP contribution in [-0.4, -0.2) is 24.1 Å². The van der Waals surface area contributed by atoms with Crippen LogP contribution in [0.2, 0.25) is 0 Å². The molecular formula is C10H17O4. The van der Waals surface area contributed by atoms with Crippen LogP contribution in [0, 0.1) is 5.92 Å². The highest BCUT2D eigenvalue weighted by Crippen LogP contribution is 2.14. The van der Waals surface area contributed by atoms with Gasteiger partial charge < -0.3 is 9.47 Å². The molecule has 0 aliphatic carbocycles. The van der Waals surface area contributed by atoms with E-state index in [9.17, 15) is 9.59 Å². The molecule has 0 rings (SSSR count). The van der Waals surface area contributed by atoms with Crippen molar-refractivity contribution < 1.29 is 19.1 Å². The molecule has 4 heteroatoms. The number of hydrogen-bond acceptors (Lipinski definition) is 4. The summed E-state index contributed by atoms with van der Waals surface area (Å²) in [7, 11) is 0. The molecule has 0 aliphatic heterocycles. The van der Waals surface area contributed by atoms with Crippen molar-refractivity contribution >= 4 is 12.4 Å². The van der Waals surface area contributed by atoms with Gasteiger partial charge in [0.2, 0.25) is 6.10 Å². The normalized spacial score (nSPS) is 13.6. The molecule has 1 atom stereocenters. The van der Waals surface area contributed by atoms with Crippen LogP contribution in [0.1, 0.15) is 34.6 Å². The zero-order chi connectivity index (χ0) is 11.4. The van der Waals surface area contributed by atoms with E-state index in [4.69, 9.17) is 4.74 Å². The van der Waals surface area contributed by atoms with Crippen molar-refractivity contribution in [3.63, 3.8) is 0 Å². The van der Waals surface area contributed by atoms with Crippen LogP contribution < -0.4 is 0 Å². The molecule has 0 spiro atoms. The first-order chi connectivity index (χ1) is 6.28. The van der Waals surface area contributed by atoms with Crippen LogP contribution in [0.3, 0.4) is 0 Å². The Hall–Kier alpha value is -1.06. The monoisotopic (exact) mass is 201 g/mol. The van der Waals surface area contributed by atoms with Crippen LogP contribution in [-0.2, 0) is 19.1 Å². The van der Waals surface area contributed by atoms with Crippen molar-refractivity contribution in [3.05, 3.63) is 0 Å². The van der Waals surface area contributed by atoms with Crippen molar-refractivity contribution in [1.29, 1.82) is 0 Å². The smallest absolute Gasteiger partial charge is 0.418 e. The molecule has 1 radical (unpaired) electrons. The quantitative estimate of drug-likeness (QED) is 0.646. The zero-order valence-electron chi connectivity index (χ0n) is 9.29. The first-order valence-electron chi connectivity index (χ1n) is 4.53. The summed E-state index contributed by atoms with van der Waals surface area (Å²) in [5, 5.41) is 0. The lowest BCUT2D eigenvalue weighted by Crippen LogP contribution is -2.36. The fraction of sp³-hybridized carbons (Fsp3) is 0.800. The number of carbonyl (C=O) groups is 1. The summed E-state index contributed by atoms with van der Waals surface area (Å²) in [5.74, 6) is -0.651. The summed E-state index contributed by atoms with van der Waals surface area (Å²) in [6.45, 7) is 10.1. The van der Waals surface area contributed by atoms with Gasteiger partial charge in [0.25, 0.3) is 0 Å². The second kappa shape index (κ2) is 4.98. The molecule has 0 bridgehead atoms. The molecule has 0 N–H and O–H groups in total. The van der Waals surface area contributed by atoms with Crippen molar-refractivity contribution in [3.8, 4) is 0 Å². The summed E-state index contributed by atoms with van der Waals surface area (Å²) < 4.78 is 9.60. The lowest BCUT2D eigenvalue weighted by molar-refractivity contribution is -0.166. The Balaban J connectivity index is 4.37. The molecule has 14 heavy (non-hydrogen) atoms. The zero-order valence-corrected chi connectivity index (χ0v) is 9.29. The van der Waals surface area contributed by atoms with E-state index in [-0.39, 0.29) is 5.92 Å². The predicted octanol–water partition coefficient (Wildman–Crippen LogP) is 1.44. The average molecular weight is 201 g/mol. The Labute approximate surface area is 84.6 Å². The maximum absolute atomic E-state index is 11.5. The predicted molar refractivity (Wildman–Crippen MR) is 51.2 cm³/mol. The van der Waals surface area contributed by atoms with E-state index in [0.717, 1.165) is 0 Å². The number of rotatable bonds is 4. The second-order valence-corrected chi connectivity index (χ2v) is 4.40. The molecule has 0 amide bonds. The molecule has 0 heterocycles. The van der Waals surface area contributed by atoms with E-state index in [1.54, 1.807) is 34.6 Å². The Morgan fingerprint density at radius 2 is 1.79 bits per heavy atom. The summed E-state index contributed by atoms with van der Waals surface area (Å²) >= 11 is 0. The third-order valence-corrected chi connectivity index (χ3v) is 1.42. The van der Waals surface area contributed by atoms with Gasteiger partial charge in [0.1, 0.15) is 5.60 Å². The number of hydrogen-bond donors (Lipinski definition) is 0. The Kier molecular flexibility index (Phi) is 4.60. The molecule has 81 valence electrons. The van der Waals surface area contributed by atoms with Gasteiger partial charge in [-0.1, -0.05) is 13.8 Å². The molecule has 0 saturated heterocycles. The van der Waals surface area contributed by atoms with Gasteiger partial charge in [0.05, 0.1) is 0 Å². The van der Waals surface area contributed by atoms with Crippen molar-refractivity contribution in [2.45, 2.75) is 46.3 Å². The minimum Gasteiger partial charge on any atom is -0.457 e. The summed E-state index contributed by atoms with van der Waals surface area (Å²) in [5.41, 5.74) is -0.573. The largest absolute Gasteiger partial charge is 0.457 e. The minimum absolute atomic E-state index is 0.119. The maximum atomic E-state index is 11.5. The molecule has 0 aliphatic rings. The molecule has 0 aromatic rings. The Morgan fingerprint density at radius 1 is 1.29 bits per heavy atom. The minimum atomic E-state index is -0.869. The summed E-state index contributed by atoms with van der Waals surface area (Å²) in [6.07, 6.45) is -0.869. The molecule has 0 fully saturated rings. The number of esters is 1. The Bertz CT molecular complexity index is 203. The highest BCUT2D eigenvalue weighted by molar-refractivity contribution is 5.76. The van der Waals surface area contributed by atoms with E-state index < -0.39 is 17.7 Å². The van der Waals surface area contributed by atoms with E-state index in [1.807, 2.05) is 0 Å². The lowest BCUT2D eigenvalue weighted by Gasteiger charge is -2.24. The van der Waals surface area contributed by atoms with E-state index in [0.29, 0.717) is 0 Å². The van der Waals surface area contributed by atoms with Gasteiger partial charge in [-0.05, 0) is 20.8 Å². The highest BCUT2D eigenvalue weighted by atomic mass is 16.6. The summed E-state index contributed by atoms with van der Waals surface area (Å²) in [6, 6.07) is 0. The van der Waals surface area contributed by atoms with Crippen LogP contribution >= 0.6 is 0 Å². The fourth-order valence-electron chi connectivity index (χ4n) is 0.868. The fourth-order valence-corrected chi connectivity index (χ4v) is 0.868. The topological polar surface area (TPSA) is 52.6 Å². The molecule has 0 aromatic carbocycles. The molecule has 1 unspecified atom stereocenters. The van der Waals surface area contributed by atoms with E-state index >= 15 is 0 Å². The third kappa shape index (κ3) is 4.84. The van der Waals surface area contributed by atoms with Gasteiger partial charge in [0, 0.05) is 5.92 Å². The van der Waals surface area contributed by atoms with Crippen molar-refractivity contribution in [1.82, 2.24) is 0 Å². The average Bonchev–Trinajstić information content (AvgIpc) is 1.95. The van der Waals surface area contributed by atoms with E-state index in [1.165, 1.54) is 6.47 Å². The van der Waals surface area contributed by atoms with Crippen LogP contribution in [0.25, 0.3) is 0 Å². The van der Waals surface area contributed by atoms with Gasteiger partial charge in [0.15, 0.2) is 0 Å². The third-order valence-electron chi connectivity index (χ3n) is 1.42. The van der Waals surface area contributed by atoms with Gasteiger partial charge in [-0.25, -0.2) is 9.59 Å². The standard InChI is InChI=1S/C10H17O4/c1-7(2)8(13-6-11)9(12)14-10(3,4)5/h7-8H,1-5H3. The second-order valence-electron chi connectivity index (χ2n) is 4.40. The summed E-state index contributed by atoms with van der Waals surface area (Å²) in [4.78, 5) is 21.5. The molecule has 0 aromatic heterocycles. The first kappa shape index (κ1) is 12.9. The first-order valence-corrected chi connectivity index (χ1v) is 4.53.